The Hall–Kier alpha value is -1.58. The molecule has 1 N–H and O–H groups in total. The first kappa shape index (κ1) is 13.8. The van der Waals surface area contributed by atoms with Crippen LogP contribution in [-0.4, -0.2) is 5.91 Å². The fourth-order valence-electron chi connectivity index (χ4n) is 1.52. The Kier molecular flexibility index (Phi) is 4.77. The monoisotopic (exact) mass is 335 g/mol. The van der Waals surface area contributed by atoms with Crippen LogP contribution in [0.3, 0.4) is 0 Å². The first-order valence-corrected chi connectivity index (χ1v) is 6.81. The number of amides is 1. The van der Waals surface area contributed by atoms with E-state index in [1.54, 1.807) is 18.2 Å². The van der Waals surface area contributed by atoms with Crippen molar-refractivity contribution in [2.45, 2.75) is 0 Å². The molecule has 0 spiro atoms. The second kappa shape index (κ2) is 6.55. The number of rotatable bonds is 3. The molecule has 0 aromatic heterocycles. The second-order valence-electron chi connectivity index (χ2n) is 3.86. The molecule has 19 heavy (non-hydrogen) atoms. The number of nitrogens with one attached hydrogen (secondary N) is 1. The van der Waals surface area contributed by atoms with E-state index in [0.717, 1.165) is 15.7 Å². The lowest BCUT2D eigenvalue weighted by Gasteiger charge is -2.04. The molecule has 0 aliphatic heterocycles. The summed E-state index contributed by atoms with van der Waals surface area (Å²) in [7, 11) is 0. The minimum absolute atomic E-state index is 0.188. The zero-order chi connectivity index (χ0) is 13.7. The standard InChI is InChI=1S/C15H11BrClNO/c16-13-6-1-2-7-14(13)18-15(19)9-8-11-4-3-5-12(17)10-11/h1-10H,(H,18,19)/b9-8+. The summed E-state index contributed by atoms with van der Waals surface area (Å²) in [5, 5.41) is 3.44. The summed E-state index contributed by atoms with van der Waals surface area (Å²) < 4.78 is 0.847. The lowest BCUT2D eigenvalue weighted by atomic mass is 10.2. The Labute approximate surface area is 125 Å². The molecule has 0 unspecified atom stereocenters. The number of para-hydroxylation sites is 1. The van der Waals surface area contributed by atoms with Crippen LogP contribution in [0.2, 0.25) is 5.02 Å². The number of halogens is 2. The fraction of sp³-hybridized carbons (Fsp3) is 0. The molecule has 0 radical (unpaired) electrons. The molecule has 2 nitrogen and oxygen atoms in total. The Morgan fingerprint density at radius 3 is 2.68 bits per heavy atom. The van der Waals surface area contributed by atoms with Crippen molar-refractivity contribution in [3.05, 3.63) is 69.7 Å². The third-order valence-corrected chi connectivity index (χ3v) is 3.33. The molecular formula is C15H11BrClNO. The number of anilines is 1. The number of hydrogen-bond acceptors (Lipinski definition) is 1. The molecule has 0 fully saturated rings. The highest BCUT2D eigenvalue weighted by atomic mass is 79.9. The van der Waals surface area contributed by atoms with Crippen LogP contribution in [0.25, 0.3) is 6.08 Å². The van der Waals surface area contributed by atoms with Gasteiger partial charge >= 0.3 is 0 Å². The van der Waals surface area contributed by atoms with E-state index in [2.05, 4.69) is 21.2 Å². The van der Waals surface area contributed by atoms with Gasteiger partial charge in [-0.25, -0.2) is 0 Å². The van der Waals surface area contributed by atoms with Gasteiger partial charge in [-0.15, -0.1) is 0 Å². The topological polar surface area (TPSA) is 29.1 Å². The van der Waals surface area contributed by atoms with Crippen molar-refractivity contribution in [3.63, 3.8) is 0 Å². The number of carbonyl (C=O) groups is 1. The predicted molar refractivity (Wildman–Crippen MR) is 83.3 cm³/mol. The molecule has 0 saturated carbocycles. The van der Waals surface area contributed by atoms with Crippen molar-refractivity contribution in [3.8, 4) is 0 Å². The summed E-state index contributed by atoms with van der Waals surface area (Å²) in [6.45, 7) is 0. The van der Waals surface area contributed by atoms with Crippen LogP contribution in [0.1, 0.15) is 5.56 Å². The maximum Gasteiger partial charge on any atom is 0.248 e. The summed E-state index contributed by atoms with van der Waals surface area (Å²) >= 11 is 9.24. The van der Waals surface area contributed by atoms with Gasteiger partial charge in [-0.3, -0.25) is 4.79 Å². The van der Waals surface area contributed by atoms with Crippen LogP contribution < -0.4 is 5.32 Å². The van der Waals surface area contributed by atoms with Crippen LogP contribution in [0.15, 0.2) is 59.1 Å². The molecule has 96 valence electrons. The van der Waals surface area contributed by atoms with Crippen molar-refractivity contribution < 1.29 is 4.79 Å². The quantitative estimate of drug-likeness (QED) is 0.805. The zero-order valence-corrected chi connectivity index (χ0v) is 12.3. The van der Waals surface area contributed by atoms with Gasteiger partial charge in [0.2, 0.25) is 5.91 Å². The highest BCUT2D eigenvalue weighted by Gasteiger charge is 2.01. The molecule has 0 heterocycles. The van der Waals surface area contributed by atoms with Gasteiger partial charge in [-0.1, -0.05) is 35.9 Å². The van der Waals surface area contributed by atoms with Gasteiger partial charge in [0, 0.05) is 15.6 Å². The van der Waals surface area contributed by atoms with Gasteiger partial charge in [0.05, 0.1) is 5.69 Å². The van der Waals surface area contributed by atoms with Crippen LogP contribution in [0, 0.1) is 0 Å². The van der Waals surface area contributed by atoms with Crippen molar-refractivity contribution in [2.75, 3.05) is 5.32 Å². The van der Waals surface area contributed by atoms with Crippen LogP contribution in [0.4, 0.5) is 5.69 Å². The smallest absolute Gasteiger partial charge is 0.248 e. The Morgan fingerprint density at radius 2 is 1.95 bits per heavy atom. The third-order valence-electron chi connectivity index (χ3n) is 2.41. The largest absolute Gasteiger partial charge is 0.321 e. The van der Waals surface area contributed by atoms with Crippen molar-refractivity contribution in [1.82, 2.24) is 0 Å². The molecule has 2 aromatic rings. The van der Waals surface area contributed by atoms with Crippen LogP contribution in [0.5, 0.6) is 0 Å². The fourth-order valence-corrected chi connectivity index (χ4v) is 2.10. The summed E-state index contributed by atoms with van der Waals surface area (Å²) in [6.07, 6.45) is 3.20. The van der Waals surface area contributed by atoms with Gasteiger partial charge in [0.1, 0.15) is 0 Å². The van der Waals surface area contributed by atoms with E-state index in [0.29, 0.717) is 5.02 Å². The predicted octanol–water partition coefficient (Wildman–Crippen LogP) is 4.75. The third kappa shape index (κ3) is 4.23. The Morgan fingerprint density at radius 1 is 1.16 bits per heavy atom. The molecule has 1 amide bonds. The van der Waals surface area contributed by atoms with E-state index in [1.165, 1.54) is 6.08 Å². The normalized spacial score (nSPS) is 10.6. The molecule has 4 heteroatoms. The first-order chi connectivity index (χ1) is 9.15. The molecular weight excluding hydrogens is 326 g/mol. The molecule has 0 atom stereocenters. The van der Waals surface area contributed by atoms with Crippen molar-refractivity contribution >= 4 is 45.2 Å². The summed E-state index contributed by atoms with van der Waals surface area (Å²) in [5.74, 6) is -0.188. The summed E-state index contributed by atoms with van der Waals surface area (Å²) in [5.41, 5.74) is 1.62. The number of carbonyl (C=O) groups excluding carboxylic acids is 1. The summed E-state index contributed by atoms with van der Waals surface area (Å²) in [4.78, 5) is 11.8. The average Bonchev–Trinajstić information content (AvgIpc) is 2.39. The summed E-state index contributed by atoms with van der Waals surface area (Å²) in [6, 6.07) is 14.8. The van der Waals surface area contributed by atoms with E-state index < -0.39 is 0 Å². The molecule has 0 saturated heterocycles. The average molecular weight is 337 g/mol. The Balaban J connectivity index is 2.04. The Bertz CT molecular complexity index is 625. The van der Waals surface area contributed by atoms with Gasteiger partial charge in [-0.05, 0) is 51.8 Å². The van der Waals surface area contributed by atoms with Gasteiger partial charge < -0.3 is 5.32 Å². The molecule has 2 aromatic carbocycles. The maximum atomic E-state index is 11.8. The molecule has 0 aliphatic carbocycles. The van der Waals surface area contributed by atoms with Crippen LogP contribution in [-0.2, 0) is 4.79 Å². The lowest BCUT2D eigenvalue weighted by molar-refractivity contribution is -0.111. The lowest BCUT2D eigenvalue weighted by Crippen LogP contribution is -2.07. The van der Waals surface area contributed by atoms with Crippen LogP contribution >= 0.6 is 27.5 Å². The minimum Gasteiger partial charge on any atom is -0.321 e. The van der Waals surface area contributed by atoms with E-state index in [4.69, 9.17) is 11.6 Å². The SMILES string of the molecule is O=C(/C=C/c1cccc(Cl)c1)Nc1ccccc1Br. The second-order valence-corrected chi connectivity index (χ2v) is 5.15. The zero-order valence-electron chi connectivity index (χ0n) is 9.94. The molecule has 0 bridgehead atoms. The molecule has 2 rings (SSSR count). The van der Waals surface area contributed by atoms with Crippen molar-refractivity contribution in [2.24, 2.45) is 0 Å². The minimum atomic E-state index is -0.188. The molecule has 0 aliphatic rings. The van der Waals surface area contributed by atoms with Gasteiger partial charge in [0.25, 0.3) is 0 Å². The maximum absolute atomic E-state index is 11.8. The first-order valence-electron chi connectivity index (χ1n) is 5.64. The highest BCUT2D eigenvalue weighted by molar-refractivity contribution is 9.10. The van der Waals surface area contributed by atoms with E-state index in [-0.39, 0.29) is 5.91 Å². The van der Waals surface area contributed by atoms with Crippen molar-refractivity contribution in [1.29, 1.82) is 0 Å². The van der Waals surface area contributed by atoms with E-state index in [9.17, 15) is 4.79 Å². The number of hydrogen-bond donors (Lipinski definition) is 1. The van der Waals surface area contributed by atoms with E-state index in [1.807, 2.05) is 36.4 Å². The van der Waals surface area contributed by atoms with Gasteiger partial charge in [-0.2, -0.15) is 0 Å². The van der Waals surface area contributed by atoms with E-state index >= 15 is 0 Å². The number of benzene rings is 2. The van der Waals surface area contributed by atoms with Gasteiger partial charge in [0.15, 0.2) is 0 Å². The highest BCUT2D eigenvalue weighted by Crippen LogP contribution is 2.21.